The Morgan fingerprint density at radius 3 is 1.96 bits per heavy atom. The van der Waals surface area contributed by atoms with Crippen LogP contribution in [0.1, 0.15) is 112 Å². The van der Waals surface area contributed by atoms with Crippen molar-refractivity contribution in [3.05, 3.63) is 29.3 Å². The maximum atomic E-state index is 13.1. The molecule has 1 aromatic carbocycles. The Kier molecular flexibility index (Phi) is 15.4. The van der Waals surface area contributed by atoms with Crippen LogP contribution < -0.4 is 26.4 Å². The molecule has 13 nitrogen and oxygen atoms in total. The summed E-state index contributed by atoms with van der Waals surface area (Å²) in [6.45, 7) is 16.4. The van der Waals surface area contributed by atoms with Gasteiger partial charge in [0.25, 0.3) is 0 Å². The van der Waals surface area contributed by atoms with Gasteiger partial charge in [0.1, 0.15) is 34.6 Å². The number of urea groups is 1. The largest absolute Gasteiger partial charge is 0.493 e. The van der Waals surface area contributed by atoms with Crippen molar-refractivity contribution in [3.8, 4) is 5.75 Å². The van der Waals surface area contributed by atoms with Gasteiger partial charge in [-0.25, -0.2) is 14.4 Å². The van der Waals surface area contributed by atoms with Gasteiger partial charge in [-0.2, -0.15) is 0 Å². The van der Waals surface area contributed by atoms with E-state index >= 15 is 0 Å². The maximum absolute atomic E-state index is 13.1. The van der Waals surface area contributed by atoms with Gasteiger partial charge in [-0.3, -0.25) is 9.59 Å². The molecule has 5 N–H and O–H groups in total. The van der Waals surface area contributed by atoms with E-state index < -0.39 is 58.9 Å². The SMILES string of the molecule is CC(C)(C)OC(=O)CC[C@H](NC(=O)N[C@@H](CCCCNC(=O)[C@H](N)Cc1ccc2c(c1)CCCO2)C(=O)OC(C)(C)C)C(=O)OC(C)(C)C. The van der Waals surface area contributed by atoms with Crippen LogP contribution in [0.25, 0.3) is 0 Å². The molecule has 1 aliphatic rings. The van der Waals surface area contributed by atoms with Gasteiger partial charge in [-0.15, -0.1) is 0 Å². The Bertz CT molecular complexity index is 1290. The summed E-state index contributed by atoms with van der Waals surface area (Å²) >= 11 is 0. The lowest BCUT2D eigenvalue weighted by Crippen LogP contribution is -2.53. The van der Waals surface area contributed by atoms with Crippen molar-refractivity contribution >= 4 is 29.8 Å². The maximum Gasteiger partial charge on any atom is 0.329 e. The van der Waals surface area contributed by atoms with E-state index in [2.05, 4.69) is 16.0 Å². The van der Waals surface area contributed by atoms with Crippen LogP contribution in [0.4, 0.5) is 4.79 Å². The first-order valence-corrected chi connectivity index (χ1v) is 17.1. The molecule has 0 bridgehead atoms. The zero-order valence-corrected chi connectivity index (χ0v) is 30.8. The second-order valence-electron chi connectivity index (χ2n) is 15.4. The molecule has 49 heavy (non-hydrogen) atoms. The van der Waals surface area contributed by atoms with E-state index in [1.54, 1.807) is 62.3 Å². The number of nitrogens with one attached hydrogen (secondary N) is 3. The number of aryl methyl sites for hydroxylation is 1. The van der Waals surface area contributed by atoms with Gasteiger partial charge in [0.2, 0.25) is 5.91 Å². The number of benzene rings is 1. The van der Waals surface area contributed by atoms with Gasteiger partial charge in [0.05, 0.1) is 12.6 Å². The zero-order chi connectivity index (χ0) is 37.0. The van der Waals surface area contributed by atoms with Gasteiger partial charge in [0, 0.05) is 13.0 Å². The number of rotatable bonds is 15. The van der Waals surface area contributed by atoms with Gasteiger partial charge in [-0.05, 0) is 124 Å². The lowest BCUT2D eigenvalue weighted by atomic mass is 9.99. The van der Waals surface area contributed by atoms with Crippen molar-refractivity contribution in [1.82, 2.24) is 16.0 Å². The highest BCUT2D eigenvalue weighted by Crippen LogP contribution is 2.26. The van der Waals surface area contributed by atoms with Crippen LogP contribution in [0.3, 0.4) is 0 Å². The number of nitrogens with two attached hydrogens (primary N) is 1. The molecule has 0 fully saturated rings. The van der Waals surface area contributed by atoms with E-state index in [1.165, 1.54) is 0 Å². The van der Waals surface area contributed by atoms with Crippen molar-refractivity contribution in [3.63, 3.8) is 0 Å². The zero-order valence-electron chi connectivity index (χ0n) is 30.8. The minimum atomic E-state index is -1.18. The average molecular weight is 691 g/mol. The van der Waals surface area contributed by atoms with E-state index in [9.17, 15) is 24.0 Å². The normalized spacial score (nSPS) is 15.0. The summed E-state index contributed by atoms with van der Waals surface area (Å²) in [5.74, 6) is -1.31. The summed E-state index contributed by atoms with van der Waals surface area (Å²) in [7, 11) is 0. The van der Waals surface area contributed by atoms with Gasteiger partial charge in [-0.1, -0.05) is 12.1 Å². The number of unbranched alkanes of at least 4 members (excludes halogenated alkanes) is 1. The van der Waals surface area contributed by atoms with Crippen molar-refractivity contribution in [2.75, 3.05) is 13.2 Å². The van der Waals surface area contributed by atoms with Crippen LogP contribution in [0.2, 0.25) is 0 Å². The van der Waals surface area contributed by atoms with Crippen molar-refractivity contribution in [1.29, 1.82) is 0 Å². The van der Waals surface area contributed by atoms with Crippen LogP contribution in [0.5, 0.6) is 5.75 Å². The number of esters is 3. The first kappa shape index (κ1) is 41.3. The highest BCUT2D eigenvalue weighted by molar-refractivity contribution is 5.87. The fraction of sp³-hybridized carbons (Fsp3) is 0.694. The minimum absolute atomic E-state index is 0.0723. The molecule has 0 aromatic heterocycles. The summed E-state index contributed by atoms with van der Waals surface area (Å²) in [6.07, 6.45) is 3.24. The molecule has 2 rings (SSSR count). The molecule has 3 amide bonds. The molecule has 3 atom stereocenters. The monoisotopic (exact) mass is 690 g/mol. The van der Waals surface area contributed by atoms with Crippen molar-refractivity contribution in [2.45, 2.75) is 149 Å². The number of hydrogen-bond donors (Lipinski definition) is 4. The van der Waals surface area contributed by atoms with Crippen LogP contribution in [-0.2, 0) is 46.2 Å². The molecule has 0 radical (unpaired) electrons. The summed E-state index contributed by atoms with van der Waals surface area (Å²) in [5, 5.41) is 8.02. The Morgan fingerprint density at radius 1 is 0.816 bits per heavy atom. The first-order valence-electron chi connectivity index (χ1n) is 17.1. The van der Waals surface area contributed by atoms with Gasteiger partial charge < -0.3 is 40.6 Å². The molecule has 1 heterocycles. The number of carbonyl (C=O) groups excluding carboxylic acids is 5. The van der Waals surface area contributed by atoms with E-state index in [1.807, 2.05) is 18.2 Å². The molecular formula is C36H58N4O9. The highest BCUT2D eigenvalue weighted by Gasteiger charge is 2.31. The fourth-order valence-corrected chi connectivity index (χ4v) is 4.96. The quantitative estimate of drug-likeness (QED) is 0.119. The van der Waals surface area contributed by atoms with E-state index in [-0.39, 0.29) is 25.2 Å². The van der Waals surface area contributed by atoms with Crippen LogP contribution >= 0.6 is 0 Å². The number of fused-ring (bicyclic) bond motifs is 1. The molecule has 1 aliphatic heterocycles. The first-order chi connectivity index (χ1) is 22.6. The molecule has 0 aliphatic carbocycles. The average Bonchev–Trinajstić information content (AvgIpc) is 2.95. The standard InChI is InChI=1S/C36H58N4O9/c1-34(2,3)47-29(41)18-16-27(32(44)49-36(7,8)9)40-33(45)39-26(31(43)48-35(4,5)6)14-10-11-19-38-30(42)25(37)22-23-15-17-28-24(21-23)13-12-20-46-28/h15,17,21,25-27H,10-14,16,18-20,22,37H2,1-9H3,(H,38,42)(H2,39,40,45)/t25-,26+,27+/m1/s1. The predicted molar refractivity (Wildman–Crippen MR) is 185 cm³/mol. The van der Waals surface area contributed by atoms with Gasteiger partial charge in [0.15, 0.2) is 0 Å². The van der Waals surface area contributed by atoms with Crippen molar-refractivity contribution < 1.29 is 42.9 Å². The van der Waals surface area contributed by atoms with Gasteiger partial charge >= 0.3 is 23.9 Å². The van der Waals surface area contributed by atoms with Crippen LogP contribution in [0, 0.1) is 0 Å². The molecular weight excluding hydrogens is 632 g/mol. The highest BCUT2D eigenvalue weighted by atomic mass is 16.6. The number of carbonyl (C=O) groups is 5. The second-order valence-corrected chi connectivity index (χ2v) is 15.4. The third-order valence-electron chi connectivity index (χ3n) is 7.03. The van der Waals surface area contributed by atoms with Crippen LogP contribution in [0.15, 0.2) is 18.2 Å². The number of amides is 3. The molecule has 0 saturated heterocycles. The fourth-order valence-electron chi connectivity index (χ4n) is 4.96. The van der Waals surface area contributed by atoms with E-state index in [0.717, 1.165) is 29.7 Å². The summed E-state index contributed by atoms with van der Waals surface area (Å²) in [5.41, 5.74) is 5.91. The number of ether oxygens (including phenoxy) is 4. The molecule has 0 spiro atoms. The molecule has 0 unspecified atom stereocenters. The Balaban J connectivity index is 1.95. The lowest BCUT2D eigenvalue weighted by Gasteiger charge is -2.27. The summed E-state index contributed by atoms with van der Waals surface area (Å²) < 4.78 is 22.0. The smallest absolute Gasteiger partial charge is 0.329 e. The Hall–Kier alpha value is -3.87. The minimum Gasteiger partial charge on any atom is -0.493 e. The molecule has 13 heteroatoms. The Labute approximate surface area is 291 Å². The molecule has 0 saturated carbocycles. The second kappa shape index (κ2) is 18.2. The summed E-state index contributed by atoms with van der Waals surface area (Å²) in [4.78, 5) is 64.2. The topological polar surface area (TPSA) is 184 Å². The molecule has 1 aromatic rings. The summed E-state index contributed by atoms with van der Waals surface area (Å²) in [6, 6.07) is 2.13. The lowest BCUT2D eigenvalue weighted by molar-refractivity contribution is -0.159. The number of hydrogen-bond acceptors (Lipinski definition) is 10. The van der Waals surface area contributed by atoms with Crippen LogP contribution in [-0.4, -0.2) is 77.9 Å². The van der Waals surface area contributed by atoms with Crippen molar-refractivity contribution in [2.24, 2.45) is 5.73 Å². The molecule has 276 valence electrons. The van der Waals surface area contributed by atoms with E-state index in [0.29, 0.717) is 32.4 Å². The third-order valence-corrected chi connectivity index (χ3v) is 7.03. The third kappa shape index (κ3) is 16.9. The predicted octanol–water partition coefficient (Wildman–Crippen LogP) is 4.01. The Morgan fingerprint density at radius 2 is 1.39 bits per heavy atom. The van der Waals surface area contributed by atoms with E-state index in [4.69, 9.17) is 24.7 Å².